The first kappa shape index (κ1) is 20.8. The van der Waals surface area contributed by atoms with E-state index >= 15 is 0 Å². The van der Waals surface area contributed by atoms with E-state index in [-0.39, 0.29) is 16.4 Å². The predicted molar refractivity (Wildman–Crippen MR) is 113 cm³/mol. The Morgan fingerprint density at radius 1 is 1.18 bits per heavy atom. The van der Waals surface area contributed by atoms with Gasteiger partial charge in [-0.2, -0.15) is 0 Å². The van der Waals surface area contributed by atoms with Crippen LogP contribution in [0.3, 0.4) is 0 Å². The first-order valence-electron chi connectivity index (χ1n) is 9.04. The highest BCUT2D eigenvalue weighted by Gasteiger charge is 2.23. The zero-order valence-corrected chi connectivity index (χ0v) is 18.3. The third kappa shape index (κ3) is 4.37. The molecule has 0 bridgehead atoms. The Morgan fingerprint density at radius 3 is 2.57 bits per heavy atom. The summed E-state index contributed by atoms with van der Waals surface area (Å²) < 4.78 is 26.5. The molecule has 28 heavy (non-hydrogen) atoms. The summed E-state index contributed by atoms with van der Waals surface area (Å²) in [5, 5.41) is 2.88. The number of nitrogens with zero attached hydrogens (tertiary/aromatic N) is 3. The monoisotopic (exact) mass is 466 g/mol. The van der Waals surface area contributed by atoms with Gasteiger partial charge in [-0.05, 0) is 65.5 Å². The van der Waals surface area contributed by atoms with E-state index in [0.717, 1.165) is 36.1 Å². The molecule has 1 aliphatic heterocycles. The van der Waals surface area contributed by atoms with Crippen molar-refractivity contribution in [3.8, 4) is 0 Å². The van der Waals surface area contributed by atoms with Gasteiger partial charge in [0.2, 0.25) is 10.0 Å². The van der Waals surface area contributed by atoms with Gasteiger partial charge < -0.3 is 10.2 Å². The highest BCUT2D eigenvalue weighted by molar-refractivity contribution is 9.10. The minimum absolute atomic E-state index is 0.0487. The zero-order valence-electron chi connectivity index (χ0n) is 15.9. The maximum Gasteiger partial charge on any atom is 0.255 e. The number of hydrogen-bond acceptors (Lipinski definition) is 5. The molecule has 1 saturated heterocycles. The third-order valence-electron chi connectivity index (χ3n) is 4.64. The van der Waals surface area contributed by atoms with Gasteiger partial charge in [0.1, 0.15) is 0 Å². The fraction of sp³-hybridized carbons (Fsp3) is 0.368. The van der Waals surface area contributed by atoms with E-state index in [4.69, 9.17) is 0 Å². The van der Waals surface area contributed by atoms with Crippen LogP contribution in [0.1, 0.15) is 29.6 Å². The standard InChI is InChI=1S/C19H23BrN4O3S/c1-23(2)28(26,27)17-13-14(8-9-15(17)20)19(25)22-16-7-6-10-21-18(16)24-11-4-3-5-12-24/h6-10,13H,3-5,11-12H2,1-2H3,(H,22,25). The van der Waals surface area contributed by atoms with Crippen LogP contribution in [0.4, 0.5) is 11.5 Å². The summed E-state index contributed by atoms with van der Waals surface area (Å²) >= 11 is 3.26. The number of sulfonamides is 1. The van der Waals surface area contributed by atoms with Gasteiger partial charge in [-0.1, -0.05) is 0 Å². The van der Waals surface area contributed by atoms with E-state index in [9.17, 15) is 13.2 Å². The molecule has 1 aliphatic rings. The minimum Gasteiger partial charge on any atom is -0.355 e. The molecule has 1 fully saturated rings. The Kier molecular flexibility index (Phi) is 6.36. The Bertz CT molecular complexity index is 973. The molecule has 1 aromatic carbocycles. The predicted octanol–water partition coefficient (Wildman–Crippen LogP) is 3.34. The summed E-state index contributed by atoms with van der Waals surface area (Å²) in [5.41, 5.74) is 0.881. The molecular formula is C19H23BrN4O3S. The topological polar surface area (TPSA) is 82.6 Å². The molecule has 0 unspecified atom stereocenters. The second kappa shape index (κ2) is 8.59. The largest absolute Gasteiger partial charge is 0.355 e. The van der Waals surface area contributed by atoms with E-state index in [0.29, 0.717) is 10.2 Å². The molecule has 150 valence electrons. The number of anilines is 2. The maximum atomic E-state index is 12.8. The van der Waals surface area contributed by atoms with E-state index in [2.05, 4.69) is 31.1 Å². The van der Waals surface area contributed by atoms with Gasteiger partial charge in [0.25, 0.3) is 5.91 Å². The molecule has 0 aliphatic carbocycles. The molecule has 1 aromatic heterocycles. The van der Waals surface area contributed by atoms with Gasteiger partial charge in [0.15, 0.2) is 5.82 Å². The number of rotatable bonds is 5. The lowest BCUT2D eigenvalue weighted by Crippen LogP contribution is -2.31. The fourth-order valence-corrected chi connectivity index (χ4v) is 4.93. The smallest absolute Gasteiger partial charge is 0.255 e. The van der Waals surface area contributed by atoms with Gasteiger partial charge in [-0.15, -0.1) is 0 Å². The molecule has 3 rings (SSSR count). The number of amides is 1. The van der Waals surface area contributed by atoms with Gasteiger partial charge >= 0.3 is 0 Å². The molecular weight excluding hydrogens is 444 g/mol. The zero-order chi connectivity index (χ0) is 20.3. The summed E-state index contributed by atoms with van der Waals surface area (Å²) in [7, 11) is -0.769. The lowest BCUT2D eigenvalue weighted by molar-refractivity contribution is 0.102. The summed E-state index contributed by atoms with van der Waals surface area (Å²) in [6, 6.07) is 8.12. The normalized spacial score (nSPS) is 14.9. The van der Waals surface area contributed by atoms with Crippen LogP contribution in [0.5, 0.6) is 0 Å². The van der Waals surface area contributed by atoms with Crippen molar-refractivity contribution in [2.24, 2.45) is 0 Å². The first-order valence-corrected chi connectivity index (χ1v) is 11.3. The Labute approximate surface area is 173 Å². The molecule has 2 aromatic rings. The van der Waals surface area contributed by atoms with Gasteiger partial charge in [-0.3, -0.25) is 4.79 Å². The van der Waals surface area contributed by atoms with Crippen LogP contribution in [-0.2, 0) is 10.0 Å². The quantitative estimate of drug-likeness (QED) is 0.730. The summed E-state index contributed by atoms with van der Waals surface area (Å²) in [6.07, 6.45) is 5.11. The Hall–Kier alpha value is -1.97. The van der Waals surface area contributed by atoms with Crippen molar-refractivity contribution in [1.82, 2.24) is 9.29 Å². The average Bonchev–Trinajstić information content (AvgIpc) is 2.69. The second-order valence-corrected chi connectivity index (χ2v) is 9.78. The van der Waals surface area contributed by atoms with Crippen LogP contribution in [0.15, 0.2) is 45.9 Å². The van der Waals surface area contributed by atoms with Crippen LogP contribution in [0, 0.1) is 0 Å². The summed E-state index contributed by atoms with van der Waals surface area (Å²) in [5.74, 6) is 0.364. The average molecular weight is 467 g/mol. The van der Waals surface area contributed by atoms with E-state index in [1.54, 1.807) is 24.4 Å². The first-order chi connectivity index (χ1) is 13.3. The maximum absolute atomic E-state index is 12.8. The molecule has 7 nitrogen and oxygen atoms in total. The van der Waals surface area contributed by atoms with Gasteiger partial charge in [0.05, 0.1) is 10.6 Å². The van der Waals surface area contributed by atoms with Crippen molar-refractivity contribution >= 4 is 43.4 Å². The molecule has 0 atom stereocenters. The van der Waals surface area contributed by atoms with Crippen molar-refractivity contribution in [3.05, 3.63) is 46.6 Å². The van der Waals surface area contributed by atoms with Crippen LogP contribution >= 0.6 is 15.9 Å². The van der Waals surface area contributed by atoms with Crippen LogP contribution < -0.4 is 10.2 Å². The fourth-order valence-electron chi connectivity index (χ4n) is 3.09. The highest BCUT2D eigenvalue weighted by Crippen LogP contribution is 2.28. The van der Waals surface area contributed by atoms with Crippen molar-refractivity contribution in [2.45, 2.75) is 24.2 Å². The lowest BCUT2D eigenvalue weighted by atomic mass is 10.1. The number of carbonyl (C=O) groups is 1. The summed E-state index contributed by atoms with van der Waals surface area (Å²) in [4.78, 5) is 19.5. The van der Waals surface area contributed by atoms with Crippen LogP contribution in [0.2, 0.25) is 0 Å². The number of carbonyl (C=O) groups excluding carboxylic acids is 1. The van der Waals surface area contributed by atoms with Crippen molar-refractivity contribution in [2.75, 3.05) is 37.4 Å². The van der Waals surface area contributed by atoms with Crippen LogP contribution in [-0.4, -0.2) is 50.8 Å². The molecule has 1 N–H and O–H groups in total. The number of benzene rings is 1. The van der Waals surface area contributed by atoms with Crippen molar-refractivity contribution < 1.29 is 13.2 Å². The second-order valence-electron chi connectivity index (χ2n) is 6.81. The number of pyridine rings is 1. The Balaban J connectivity index is 1.89. The van der Waals surface area contributed by atoms with Gasteiger partial charge in [0, 0.05) is 43.4 Å². The number of halogens is 1. The third-order valence-corrected chi connectivity index (χ3v) is 7.45. The van der Waals surface area contributed by atoms with E-state index < -0.39 is 10.0 Å². The van der Waals surface area contributed by atoms with Crippen molar-refractivity contribution in [3.63, 3.8) is 0 Å². The Morgan fingerprint density at radius 2 is 1.89 bits per heavy atom. The SMILES string of the molecule is CN(C)S(=O)(=O)c1cc(C(=O)Nc2cccnc2N2CCCCC2)ccc1Br. The minimum atomic E-state index is -3.68. The number of hydrogen-bond donors (Lipinski definition) is 1. The van der Waals surface area contributed by atoms with Gasteiger partial charge in [-0.25, -0.2) is 17.7 Å². The molecule has 0 radical (unpaired) electrons. The lowest BCUT2D eigenvalue weighted by Gasteiger charge is -2.29. The van der Waals surface area contributed by atoms with Crippen molar-refractivity contribution in [1.29, 1.82) is 0 Å². The molecule has 1 amide bonds. The highest BCUT2D eigenvalue weighted by atomic mass is 79.9. The number of nitrogens with one attached hydrogen (secondary N) is 1. The summed E-state index contributed by atoms with van der Waals surface area (Å²) in [6.45, 7) is 1.81. The molecule has 0 spiro atoms. The molecule has 0 saturated carbocycles. The van der Waals surface area contributed by atoms with E-state index in [1.807, 2.05) is 6.07 Å². The van der Waals surface area contributed by atoms with Crippen LogP contribution in [0.25, 0.3) is 0 Å². The number of piperidine rings is 1. The van der Waals surface area contributed by atoms with E-state index in [1.165, 1.54) is 26.6 Å². The molecule has 9 heteroatoms. The number of aromatic nitrogens is 1. The molecule has 2 heterocycles.